The number of nitrogens with one attached hydrogen (secondary N) is 1. The lowest BCUT2D eigenvalue weighted by atomic mass is 9.88. The van der Waals surface area contributed by atoms with E-state index in [1.54, 1.807) is 0 Å². The molecule has 3 aromatic rings. The number of fused-ring (bicyclic) bond motifs is 1. The fourth-order valence-electron chi connectivity index (χ4n) is 3.69. The SMILES string of the molecule is CCc1ccc(C2CC(=O)Nc3c2sc(C(=O)O)c3-c2ccc(C)cc2)cc1. The van der Waals surface area contributed by atoms with Crippen LogP contribution in [-0.2, 0) is 11.2 Å². The predicted octanol–water partition coefficient (Wildman–Crippen LogP) is 5.46. The Hall–Kier alpha value is -2.92. The summed E-state index contributed by atoms with van der Waals surface area (Å²) in [6, 6.07) is 16.0. The minimum Gasteiger partial charge on any atom is -0.477 e. The van der Waals surface area contributed by atoms with Crippen LogP contribution in [0.25, 0.3) is 11.1 Å². The van der Waals surface area contributed by atoms with E-state index in [9.17, 15) is 14.7 Å². The smallest absolute Gasteiger partial charge is 0.346 e. The Balaban J connectivity index is 1.89. The topological polar surface area (TPSA) is 66.4 Å². The third kappa shape index (κ3) is 3.22. The largest absolute Gasteiger partial charge is 0.477 e. The summed E-state index contributed by atoms with van der Waals surface area (Å²) in [5, 5.41) is 12.8. The maximum atomic E-state index is 12.5. The number of amides is 1. The van der Waals surface area contributed by atoms with Crippen molar-refractivity contribution in [1.82, 2.24) is 0 Å². The number of carbonyl (C=O) groups is 2. The highest BCUT2D eigenvalue weighted by Gasteiger charge is 2.34. The number of rotatable bonds is 4. The van der Waals surface area contributed by atoms with E-state index in [1.165, 1.54) is 16.9 Å². The molecule has 0 saturated heterocycles. The molecule has 0 aliphatic carbocycles. The summed E-state index contributed by atoms with van der Waals surface area (Å²) in [7, 11) is 0. The highest BCUT2D eigenvalue weighted by molar-refractivity contribution is 7.15. The Kier molecular flexibility index (Phi) is 4.77. The fraction of sp³-hybridized carbons (Fsp3) is 0.217. The molecule has 1 amide bonds. The molecule has 1 atom stereocenters. The van der Waals surface area contributed by atoms with Crippen molar-refractivity contribution in [1.29, 1.82) is 0 Å². The first-order chi connectivity index (χ1) is 13.5. The van der Waals surface area contributed by atoms with Gasteiger partial charge in [0.25, 0.3) is 0 Å². The van der Waals surface area contributed by atoms with E-state index in [1.807, 2.05) is 31.2 Å². The van der Waals surface area contributed by atoms with Crippen molar-refractivity contribution in [2.24, 2.45) is 0 Å². The van der Waals surface area contributed by atoms with Gasteiger partial charge in [-0.25, -0.2) is 4.79 Å². The van der Waals surface area contributed by atoms with Gasteiger partial charge in [-0.1, -0.05) is 61.0 Å². The molecule has 1 aromatic heterocycles. The van der Waals surface area contributed by atoms with Gasteiger partial charge >= 0.3 is 5.97 Å². The van der Waals surface area contributed by atoms with Crippen LogP contribution < -0.4 is 5.32 Å². The van der Waals surface area contributed by atoms with Crippen molar-refractivity contribution in [3.8, 4) is 11.1 Å². The zero-order valence-corrected chi connectivity index (χ0v) is 16.6. The van der Waals surface area contributed by atoms with Crippen LogP contribution in [0.15, 0.2) is 48.5 Å². The molecule has 142 valence electrons. The molecule has 5 heteroatoms. The van der Waals surface area contributed by atoms with Gasteiger partial charge < -0.3 is 10.4 Å². The minimum absolute atomic E-state index is 0.0832. The Labute approximate surface area is 167 Å². The van der Waals surface area contributed by atoms with E-state index in [0.717, 1.165) is 28.0 Å². The van der Waals surface area contributed by atoms with Gasteiger partial charge in [-0.05, 0) is 30.0 Å². The highest BCUT2D eigenvalue weighted by atomic mass is 32.1. The molecule has 1 aliphatic rings. The maximum absolute atomic E-state index is 12.5. The number of aryl methyl sites for hydroxylation is 2. The van der Waals surface area contributed by atoms with Gasteiger partial charge in [-0.15, -0.1) is 11.3 Å². The van der Waals surface area contributed by atoms with Gasteiger partial charge in [-0.3, -0.25) is 4.79 Å². The molecule has 2 N–H and O–H groups in total. The first kappa shape index (κ1) is 18.4. The van der Waals surface area contributed by atoms with Crippen molar-refractivity contribution < 1.29 is 14.7 Å². The molecule has 28 heavy (non-hydrogen) atoms. The van der Waals surface area contributed by atoms with Crippen molar-refractivity contribution >= 4 is 28.9 Å². The second kappa shape index (κ2) is 7.24. The van der Waals surface area contributed by atoms with Crippen LogP contribution in [0, 0.1) is 6.92 Å². The van der Waals surface area contributed by atoms with Gasteiger partial charge in [0.15, 0.2) is 0 Å². The second-order valence-corrected chi connectivity index (χ2v) is 8.17. The van der Waals surface area contributed by atoms with E-state index >= 15 is 0 Å². The monoisotopic (exact) mass is 391 g/mol. The molecule has 4 rings (SSSR count). The average Bonchev–Trinajstić information content (AvgIpc) is 3.07. The maximum Gasteiger partial charge on any atom is 0.346 e. The van der Waals surface area contributed by atoms with Crippen LogP contribution in [0.1, 0.15) is 50.5 Å². The lowest BCUT2D eigenvalue weighted by molar-refractivity contribution is -0.116. The number of thiophene rings is 1. The molecular formula is C23H21NO3S. The van der Waals surface area contributed by atoms with Crippen molar-refractivity contribution in [2.75, 3.05) is 5.32 Å². The molecule has 0 radical (unpaired) electrons. The molecule has 0 fully saturated rings. The lowest BCUT2D eigenvalue weighted by Gasteiger charge is -2.24. The normalized spacial score (nSPS) is 15.8. The molecule has 0 saturated carbocycles. The molecule has 2 heterocycles. The summed E-state index contributed by atoms with van der Waals surface area (Å²) < 4.78 is 0. The molecule has 0 spiro atoms. The zero-order chi connectivity index (χ0) is 19.8. The summed E-state index contributed by atoms with van der Waals surface area (Å²) in [6.07, 6.45) is 1.28. The average molecular weight is 391 g/mol. The Bertz CT molecular complexity index is 1050. The van der Waals surface area contributed by atoms with E-state index < -0.39 is 5.97 Å². The van der Waals surface area contributed by atoms with E-state index in [2.05, 4.69) is 36.5 Å². The Morgan fingerprint density at radius 1 is 1.14 bits per heavy atom. The molecule has 2 aromatic carbocycles. The van der Waals surface area contributed by atoms with Crippen molar-refractivity contribution in [3.63, 3.8) is 0 Å². The number of hydrogen-bond acceptors (Lipinski definition) is 3. The number of anilines is 1. The molecule has 0 bridgehead atoms. The summed E-state index contributed by atoms with van der Waals surface area (Å²) in [5.74, 6) is -1.18. The summed E-state index contributed by atoms with van der Waals surface area (Å²) >= 11 is 1.27. The van der Waals surface area contributed by atoms with Crippen LogP contribution >= 0.6 is 11.3 Å². The van der Waals surface area contributed by atoms with Gasteiger partial charge in [0, 0.05) is 22.8 Å². The number of carboxylic acids is 1. The quantitative estimate of drug-likeness (QED) is 0.621. The standard InChI is InChI=1S/C23H21NO3S/c1-3-14-6-10-15(11-7-14)17-12-18(25)24-20-19(16-8-4-13(2)5-9-16)22(23(26)27)28-21(17)20/h4-11,17H,3,12H2,1-2H3,(H,24,25)(H,26,27). The molecule has 1 aliphatic heterocycles. The fourth-order valence-corrected chi connectivity index (χ4v) is 4.93. The third-order valence-corrected chi connectivity index (χ3v) is 6.52. The van der Waals surface area contributed by atoms with Crippen LogP contribution in [-0.4, -0.2) is 17.0 Å². The van der Waals surface area contributed by atoms with Crippen LogP contribution in [0.4, 0.5) is 5.69 Å². The van der Waals surface area contributed by atoms with Crippen molar-refractivity contribution in [2.45, 2.75) is 32.6 Å². The van der Waals surface area contributed by atoms with E-state index in [-0.39, 0.29) is 16.7 Å². The summed E-state index contributed by atoms with van der Waals surface area (Å²) in [4.78, 5) is 25.7. The molecule has 4 nitrogen and oxygen atoms in total. The van der Waals surface area contributed by atoms with E-state index in [4.69, 9.17) is 0 Å². The van der Waals surface area contributed by atoms with Crippen LogP contribution in [0.5, 0.6) is 0 Å². The second-order valence-electron chi connectivity index (χ2n) is 7.12. The first-order valence-electron chi connectivity index (χ1n) is 9.33. The number of carboxylic acid groups (broad SMARTS) is 1. The molecular weight excluding hydrogens is 370 g/mol. The summed E-state index contributed by atoms with van der Waals surface area (Å²) in [6.45, 7) is 4.09. The number of benzene rings is 2. The van der Waals surface area contributed by atoms with Gasteiger partial charge in [0.05, 0.1) is 5.69 Å². The third-order valence-electron chi connectivity index (χ3n) is 5.23. The first-order valence-corrected chi connectivity index (χ1v) is 10.1. The van der Waals surface area contributed by atoms with Gasteiger partial charge in [-0.2, -0.15) is 0 Å². The van der Waals surface area contributed by atoms with E-state index in [0.29, 0.717) is 17.7 Å². The minimum atomic E-state index is -0.968. The van der Waals surface area contributed by atoms with Crippen LogP contribution in [0.2, 0.25) is 0 Å². The highest BCUT2D eigenvalue weighted by Crippen LogP contribution is 2.49. The Morgan fingerprint density at radius 2 is 1.82 bits per heavy atom. The summed E-state index contributed by atoms with van der Waals surface area (Å²) in [5.41, 5.74) is 5.44. The van der Waals surface area contributed by atoms with Crippen molar-refractivity contribution in [3.05, 3.63) is 75.0 Å². The Morgan fingerprint density at radius 3 is 2.43 bits per heavy atom. The lowest BCUT2D eigenvalue weighted by Crippen LogP contribution is -2.22. The van der Waals surface area contributed by atoms with Crippen LogP contribution in [0.3, 0.4) is 0 Å². The van der Waals surface area contributed by atoms with Gasteiger partial charge in [0.1, 0.15) is 4.88 Å². The van der Waals surface area contributed by atoms with Gasteiger partial charge in [0.2, 0.25) is 5.91 Å². The number of aromatic carboxylic acids is 1. The zero-order valence-electron chi connectivity index (χ0n) is 15.8. The number of carbonyl (C=O) groups excluding carboxylic acids is 1. The predicted molar refractivity (Wildman–Crippen MR) is 112 cm³/mol. The molecule has 1 unspecified atom stereocenters. The number of hydrogen-bond donors (Lipinski definition) is 2.